The molecule has 2 aromatic carbocycles. The molecule has 0 saturated heterocycles. The highest BCUT2D eigenvalue weighted by atomic mass is 35.5. The molecule has 1 heterocycles. The van der Waals surface area contributed by atoms with Crippen molar-refractivity contribution in [3.05, 3.63) is 53.1 Å². The highest BCUT2D eigenvalue weighted by molar-refractivity contribution is 6.31. The zero-order valence-corrected chi connectivity index (χ0v) is 18.3. The molecule has 0 aliphatic rings. The van der Waals surface area contributed by atoms with Gasteiger partial charge in [0.25, 0.3) is 0 Å². The second-order valence-corrected chi connectivity index (χ2v) is 7.82. The summed E-state index contributed by atoms with van der Waals surface area (Å²) in [5, 5.41) is 3.59. The maximum absolute atomic E-state index is 14.4. The first kappa shape index (κ1) is 21.3. The summed E-state index contributed by atoms with van der Waals surface area (Å²) in [5.41, 5.74) is 6.92. The number of aromatic nitrogens is 2. The minimum absolute atomic E-state index is 0.00630. The lowest BCUT2D eigenvalue weighted by atomic mass is 10.1. The summed E-state index contributed by atoms with van der Waals surface area (Å²) in [6.07, 6.45) is 1.27. The Morgan fingerprint density at radius 3 is 2.81 bits per heavy atom. The van der Waals surface area contributed by atoms with Gasteiger partial charge in [0.15, 0.2) is 5.82 Å². The average molecular weight is 447 g/mol. The van der Waals surface area contributed by atoms with E-state index >= 15 is 0 Å². The van der Waals surface area contributed by atoms with Gasteiger partial charge in [-0.3, -0.25) is 9.69 Å². The molecule has 1 aromatic heterocycles. The molecule has 1 amide bonds. The van der Waals surface area contributed by atoms with Gasteiger partial charge in [-0.05, 0) is 46.0 Å². The third-order valence-electron chi connectivity index (χ3n) is 4.72. The van der Waals surface area contributed by atoms with Crippen molar-refractivity contribution in [1.29, 1.82) is 0 Å². The van der Waals surface area contributed by atoms with Crippen LogP contribution in [-0.2, 0) is 11.3 Å². The minimum Gasteiger partial charge on any atom is -0.491 e. The van der Waals surface area contributed by atoms with Crippen molar-refractivity contribution in [3.63, 3.8) is 0 Å². The van der Waals surface area contributed by atoms with Gasteiger partial charge in [0, 0.05) is 24.9 Å². The Morgan fingerprint density at radius 2 is 2.13 bits per heavy atom. The number of fused-ring (bicyclic) bond motifs is 1. The van der Waals surface area contributed by atoms with Crippen molar-refractivity contribution >= 4 is 39.9 Å². The van der Waals surface area contributed by atoms with Crippen LogP contribution in [0, 0.1) is 5.82 Å². The smallest absolute Gasteiger partial charge is 0.234 e. The Bertz CT molecular complexity index is 1130. The van der Waals surface area contributed by atoms with E-state index in [2.05, 4.69) is 15.3 Å². The summed E-state index contributed by atoms with van der Waals surface area (Å²) < 4.78 is 28.2. The van der Waals surface area contributed by atoms with Crippen molar-refractivity contribution in [3.8, 4) is 5.75 Å². The molecule has 0 spiro atoms. The molecule has 3 rings (SSSR count). The number of carbonyl (C=O) groups excluding carboxylic acids is 1. The number of nitrogens with one attached hydrogen (secondary N) is 1. The molecule has 0 unspecified atom stereocenters. The minimum atomic E-state index is -0.639. The summed E-state index contributed by atoms with van der Waals surface area (Å²) >= 11 is 5.90. The van der Waals surface area contributed by atoms with Crippen molar-refractivity contribution in [1.82, 2.24) is 14.9 Å². The number of anilines is 2. The zero-order valence-electron chi connectivity index (χ0n) is 18.5. The van der Waals surface area contributed by atoms with E-state index in [-0.39, 0.29) is 30.4 Å². The predicted molar refractivity (Wildman–Crippen MR) is 120 cm³/mol. The van der Waals surface area contributed by atoms with Crippen molar-refractivity contribution in [2.45, 2.75) is 39.5 Å². The lowest BCUT2D eigenvalue weighted by molar-refractivity contribution is -0.122. The third kappa shape index (κ3) is 5.21. The number of nitrogens with zero attached hydrogens (tertiary/aromatic N) is 3. The Kier molecular flexibility index (Phi) is 6.48. The van der Waals surface area contributed by atoms with Gasteiger partial charge in [0.2, 0.25) is 5.91 Å². The Balaban J connectivity index is 2.09. The SMILES string of the molecule is [2H]CN(Cc1cc2c(Nc3cccc(Cl)c3F)ncnc2cc1OC(C)C)[C@@H](C)C(N)=O. The maximum atomic E-state index is 14.4. The van der Waals surface area contributed by atoms with Gasteiger partial charge < -0.3 is 15.8 Å². The van der Waals surface area contributed by atoms with Gasteiger partial charge in [-0.15, -0.1) is 0 Å². The van der Waals surface area contributed by atoms with E-state index in [4.69, 9.17) is 23.4 Å². The van der Waals surface area contributed by atoms with Crippen LogP contribution >= 0.6 is 11.6 Å². The summed E-state index contributed by atoms with van der Waals surface area (Å²) in [5.74, 6) is -0.154. The normalized spacial score (nSPS) is 12.8. The van der Waals surface area contributed by atoms with Crippen LogP contribution in [0.15, 0.2) is 36.7 Å². The van der Waals surface area contributed by atoms with E-state index < -0.39 is 17.8 Å². The van der Waals surface area contributed by atoms with Crippen LogP contribution in [0.1, 0.15) is 27.7 Å². The summed E-state index contributed by atoms with van der Waals surface area (Å²) in [6.45, 7) is 5.69. The molecule has 0 aliphatic carbocycles. The van der Waals surface area contributed by atoms with Gasteiger partial charge >= 0.3 is 0 Å². The lowest BCUT2D eigenvalue weighted by Gasteiger charge is -2.24. The molecule has 9 heteroatoms. The fraction of sp³-hybridized carbons (Fsp3) is 0.318. The predicted octanol–water partition coefficient (Wildman–Crippen LogP) is 4.26. The fourth-order valence-electron chi connectivity index (χ4n) is 2.98. The molecule has 31 heavy (non-hydrogen) atoms. The molecule has 3 N–H and O–H groups in total. The summed E-state index contributed by atoms with van der Waals surface area (Å²) in [7, 11) is -0.132. The number of nitrogens with two attached hydrogens (primary N) is 1. The number of likely N-dealkylation sites (N-methyl/N-ethyl adjacent to an activating group) is 1. The van der Waals surface area contributed by atoms with Crippen molar-refractivity contribution < 1.29 is 15.3 Å². The number of hydrogen-bond donors (Lipinski definition) is 2. The molecule has 0 saturated carbocycles. The first-order chi connectivity index (χ1) is 15.2. The number of ether oxygens (including phenoxy) is 1. The van der Waals surface area contributed by atoms with Crippen LogP contribution in [0.25, 0.3) is 10.9 Å². The number of hydrogen-bond acceptors (Lipinski definition) is 6. The van der Waals surface area contributed by atoms with Gasteiger partial charge in [-0.1, -0.05) is 17.7 Å². The molecule has 0 fully saturated rings. The Morgan fingerprint density at radius 1 is 1.35 bits per heavy atom. The van der Waals surface area contributed by atoms with E-state index in [0.717, 1.165) is 5.56 Å². The molecule has 0 aliphatic heterocycles. The average Bonchev–Trinajstić information content (AvgIpc) is 2.74. The van der Waals surface area contributed by atoms with Gasteiger partial charge in [-0.2, -0.15) is 0 Å². The van der Waals surface area contributed by atoms with Crippen LogP contribution in [0.5, 0.6) is 5.75 Å². The van der Waals surface area contributed by atoms with E-state index in [1.165, 1.54) is 12.4 Å². The van der Waals surface area contributed by atoms with E-state index in [9.17, 15) is 9.18 Å². The molecule has 3 aromatic rings. The molecule has 0 bridgehead atoms. The molecule has 0 radical (unpaired) electrons. The highest BCUT2D eigenvalue weighted by Crippen LogP contribution is 2.32. The first-order valence-corrected chi connectivity index (χ1v) is 10.1. The topological polar surface area (TPSA) is 93.4 Å². The fourth-order valence-corrected chi connectivity index (χ4v) is 3.15. The van der Waals surface area contributed by atoms with Gasteiger partial charge in [0.05, 0.1) is 28.4 Å². The zero-order chi connectivity index (χ0) is 23.4. The van der Waals surface area contributed by atoms with Crippen LogP contribution in [0.2, 0.25) is 5.02 Å². The van der Waals surface area contributed by atoms with Crippen LogP contribution in [-0.4, -0.2) is 39.9 Å². The van der Waals surface area contributed by atoms with Crippen LogP contribution in [0.3, 0.4) is 0 Å². The van der Waals surface area contributed by atoms with Crippen LogP contribution < -0.4 is 15.8 Å². The number of primary amides is 1. The number of benzene rings is 2. The maximum Gasteiger partial charge on any atom is 0.234 e. The lowest BCUT2D eigenvalue weighted by Crippen LogP contribution is -2.39. The van der Waals surface area contributed by atoms with Crippen molar-refractivity contribution in [2.75, 3.05) is 12.3 Å². The van der Waals surface area contributed by atoms with Gasteiger partial charge in [-0.25, -0.2) is 14.4 Å². The molecular formula is C22H25ClFN5O2. The number of carbonyl (C=O) groups is 1. The summed E-state index contributed by atoms with van der Waals surface area (Å²) in [6, 6.07) is 7.59. The van der Waals surface area contributed by atoms with E-state index in [0.29, 0.717) is 22.5 Å². The quantitative estimate of drug-likeness (QED) is 0.537. The first-order valence-electron chi connectivity index (χ1n) is 10.4. The molecule has 1 atom stereocenters. The Hall–Kier alpha value is -2.97. The number of halogens is 2. The highest BCUT2D eigenvalue weighted by Gasteiger charge is 2.19. The third-order valence-corrected chi connectivity index (χ3v) is 5.01. The largest absolute Gasteiger partial charge is 0.491 e. The second-order valence-electron chi connectivity index (χ2n) is 7.42. The summed E-state index contributed by atoms with van der Waals surface area (Å²) in [4.78, 5) is 21.9. The molecule has 164 valence electrons. The van der Waals surface area contributed by atoms with Gasteiger partial charge in [0.1, 0.15) is 17.9 Å². The number of rotatable bonds is 8. The van der Waals surface area contributed by atoms with E-state index in [1.807, 2.05) is 19.9 Å². The Labute approximate surface area is 186 Å². The standard InChI is InChI=1S/C22H25ClFN5O2/c1-12(2)31-19-9-18-15(8-14(19)10-29(4)13(3)21(25)30)22(27-11-26-18)28-17-7-5-6-16(23)20(17)24/h5-9,11-13H,10H2,1-4H3,(H2,25,30)(H,26,27,28)/t13-/m0/s1/i4D. The van der Waals surface area contributed by atoms with E-state index in [1.54, 1.807) is 30.0 Å². The second kappa shape index (κ2) is 9.45. The van der Waals surface area contributed by atoms with Crippen LogP contribution in [0.4, 0.5) is 15.9 Å². The number of amides is 1. The van der Waals surface area contributed by atoms with Crippen molar-refractivity contribution in [2.24, 2.45) is 5.73 Å². The molecule has 7 nitrogen and oxygen atoms in total. The molecular weight excluding hydrogens is 421 g/mol. The monoisotopic (exact) mass is 446 g/mol.